The van der Waals surface area contributed by atoms with Gasteiger partial charge in [-0.25, -0.2) is 5.43 Å². The molecule has 25 heavy (non-hydrogen) atoms. The Morgan fingerprint density at radius 1 is 1.12 bits per heavy atom. The quantitative estimate of drug-likeness (QED) is 0.494. The molecule has 0 spiro atoms. The zero-order valence-electron chi connectivity index (χ0n) is 13.2. The molecule has 0 fully saturated rings. The van der Waals surface area contributed by atoms with E-state index in [1.807, 2.05) is 24.3 Å². The molecule has 0 bridgehead atoms. The Kier molecular flexibility index (Phi) is 5.64. The van der Waals surface area contributed by atoms with E-state index in [1.54, 1.807) is 36.4 Å². The zero-order valence-corrected chi connectivity index (χ0v) is 14.8. The van der Waals surface area contributed by atoms with Crippen LogP contribution in [0.4, 0.5) is 0 Å². The average Bonchev–Trinajstić information content (AvgIpc) is 3.15. The summed E-state index contributed by atoms with van der Waals surface area (Å²) in [5.41, 5.74) is 4.01. The Labute approximate surface area is 153 Å². The lowest BCUT2D eigenvalue weighted by atomic mass is 10.2. The standard InChI is InChI=1S/C19H15BrN2O3/c20-16-7-3-14(4-8-16)13-25-17-9-5-15(6-10-17)19(23)22-21-12-18-2-1-11-24-18/h1-12H,13H2,(H,22,23). The predicted molar refractivity (Wildman–Crippen MR) is 98.7 cm³/mol. The van der Waals surface area contributed by atoms with Crippen molar-refractivity contribution in [2.24, 2.45) is 5.10 Å². The van der Waals surface area contributed by atoms with E-state index in [4.69, 9.17) is 9.15 Å². The first-order valence-corrected chi connectivity index (χ1v) is 8.34. The predicted octanol–water partition coefficient (Wildman–Crippen LogP) is 4.39. The van der Waals surface area contributed by atoms with Gasteiger partial charge in [-0.05, 0) is 54.1 Å². The second kappa shape index (κ2) is 8.30. The van der Waals surface area contributed by atoms with Crippen molar-refractivity contribution >= 4 is 28.1 Å². The molecule has 1 heterocycles. The molecule has 0 aliphatic heterocycles. The third-order valence-electron chi connectivity index (χ3n) is 3.34. The number of furan rings is 1. The number of nitrogens with one attached hydrogen (secondary N) is 1. The van der Waals surface area contributed by atoms with Gasteiger partial charge in [-0.2, -0.15) is 5.10 Å². The smallest absolute Gasteiger partial charge is 0.271 e. The van der Waals surface area contributed by atoms with Crippen LogP contribution in [0, 0.1) is 0 Å². The normalized spacial score (nSPS) is 10.8. The number of benzene rings is 2. The van der Waals surface area contributed by atoms with Gasteiger partial charge in [-0.1, -0.05) is 28.1 Å². The monoisotopic (exact) mass is 398 g/mol. The van der Waals surface area contributed by atoms with Gasteiger partial charge in [-0.3, -0.25) is 4.79 Å². The summed E-state index contributed by atoms with van der Waals surface area (Å²) in [6.07, 6.45) is 2.98. The van der Waals surface area contributed by atoms with E-state index >= 15 is 0 Å². The van der Waals surface area contributed by atoms with Crippen LogP contribution < -0.4 is 10.2 Å². The van der Waals surface area contributed by atoms with Gasteiger partial charge in [-0.15, -0.1) is 0 Å². The van der Waals surface area contributed by atoms with Gasteiger partial charge in [0.15, 0.2) is 0 Å². The lowest BCUT2D eigenvalue weighted by molar-refractivity contribution is 0.0955. The third-order valence-corrected chi connectivity index (χ3v) is 3.86. The second-order valence-corrected chi connectivity index (χ2v) is 6.07. The molecule has 1 aromatic heterocycles. The molecule has 0 saturated carbocycles. The molecule has 0 atom stereocenters. The summed E-state index contributed by atoms with van der Waals surface area (Å²) < 4.78 is 11.8. The van der Waals surface area contributed by atoms with Gasteiger partial charge in [0.1, 0.15) is 18.1 Å². The zero-order chi connectivity index (χ0) is 17.5. The lowest BCUT2D eigenvalue weighted by Crippen LogP contribution is -2.17. The van der Waals surface area contributed by atoms with Crippen molar-refractivity contribution < 1.29 is 13.9 Å². The summed E-state index contributed by atoms with van der Waals surface area (Å²) in [5, 5.41) is 3.84. The second-order valence-electron chi connectivity index (χ2n) is 5.15. The molecule has 3 rings (SSSR count). The number of carbonyl (C=O) groups is 1. The number of nitrogens with zero attached hydrogens (tertiary/aromatic N) is 1. The minimum atomic E-state index is -0.303. The van der Waals surface area contributed by atoms with Crippen LogP contribution in [-0.2, 0) is 6.61 Å². The third kappa shape index (κ3) is 5.06. The van der Waals surface area contributed by atoms with E-state index < -0.39 is 0 Å². The van der Waals surface area contributed by atoms with Crippen LogP contribution in [0.2, 0.25) is 0 Å². The SMILES string of the molecule is O=C(NN=Cc1ccco1)c1ccc(OCc2ccc(Br)cc2)cc1. The highest BCUT2D eigenvalue weighted by Gasteiger charge is 2.04. The molecular weight excluding hydrogens is 384 g/mol. The van der Waals surface area contributed by atoms with Crippen LogP contribution >= 0.6 is 15.9 Å². The molecule has 0 saturated heterocycles. The number of halogens is 1. The fraction of sp³-hybridized carbons (Fsp3) is 0.0526. The summed E-state index contributed by atoms with van der Waals surface area (Å²) in [6.45, 7) is 0.465. The molecule has 1 amide bonds. The van der Waals surface area contributed by atoms with E-state index in [1.165, 1.54) is 12.5 Å². The first-order valence-electron chi connectivity index (χ1n) is 7.55. The van der Waals surface area contributed by atoms with Gasteiger partial charge in [0.25, 0.3) is 5.91 Å². The Morgan fingerprint density at radius 3 is 2.56 bits per heavy atom. The summed E-state index contributed by atoms with van der Waals surface area (Å²) in [7, 11) is 0. The van der Waals surface area contributed by atoms with Gasteiger partial charge in [0.05, 0.1) is 12.5 Å². The van der Waals surface area contributed by atoms with Crippen LogP contribution in [0.15, 0.2) is 80.9 Å². The molecule has 1 N–H and O–H groups in total. The van der Waals surface area contributed by atoms with Crippen LogP contribution in [0.1, 0.15) is 21.7 Å². The lowest BCUT2D eigenvalue weighted by Gasteiger charge is -2.07. The van der Waals surface area contributed by atoms with Gasteiger partial charge in [0, 0.05) is 10.0 Å². The fourth-order valence-corrected chi connectivity index (χ4v) is 2.30. The summed E-state index contributed by atoms with van der Waals surface area (Å²) >= 11 is 3.40. The molecule has 3 aromatic rings. The molecule has 126 valence electrons. The molecule has 0 aliphatic rings. The van der Waals surface area contributed by atoms with Gasteiger partial charge >= 0.3 is 0 Å². The molecule has 2 aromatic carbocycles. The number of hydrogen-bond donors (Lipinski definition) is 1. The molecule has 5 nitrogen and oxygen atoms in total. The van der Waals surface area contributed by atoms with Crippen LogP contribution in [0.25, 0.3) is 0 Å². The van der Waals surface area contributed by atoms with Crippen LogP contribution in [-0.4, -0.2) is 12.1 Å². The topological polar surface area (TPSA) is 63.8 Å². The average molecular weight is 399 g/mol. The van der Waals surface area contributed by atoms with Crippen molar-refractivity contribution in [1.82, 2.24) is 5.43 Å². The van der Waals surface area contributed by atoms with Crippen molar-refractivity contribution in [2.45, 2.75) is 6.61 Å². The number of ether oxygens (including phenoxy) is 1. The number of hydrogen-bond acceptors (Lipinski definition) is 4. The molecule has 6 heteroatoms. The molecule has 0 unspecified atom stereocenters. The van der Waals surface area contributed by atoms with Gasteiger partial charge in [0.2, 0.25) is 0 Å². The maximum atomic E-state index is 12.0. The largest absolute Gasteiger partial charge is 0.489 e. The molecule has 0 aliphatic carbocycles. The highest BCUT2D eigenvalue weighted by molar-refractivity contribution is 9.10. The van der Waals surface area contributed by atoms with Crippen molar-refractivity contribution in [3.8, 4) is 5.75 Å². The van der Waals surface area contributed by atoms with E-state index in [0.29, 0.717) is 23.7 Å². The maximum absolute atomic E-state index is 12.0. The fourth-order valence-electron chi connectivity index (χ4n) is 2.03. The number of amides is 1. The minimum absolute atomic E-state index is 0.303. The van der Waals surface area contributed by atoms with Crippen molar-refractivity contribution in [3.05, 3.63) is 88.3 Å². The van der Waals surface area contributed by atoms with E-state index in [9.17, 15) is 4.79 Å². The molecular formula is C19H15BrN2O3. The first-order chi connectivity index (χ1) is 12.2. The number of rotatable bonds is 6. The van der Waals surface area contributed by atoms with E-state index in [2.05, 4.69) is 26.5 Å². The van der Waals surface area contributed by atoms with Gasteiger partial charge < -0.3 is 9.15 Å². The maximum Gasteiger partial charge on any atom is 0.271 e. The van der Waals surface area contributed by atoms with Crippen LogP contribution in [0.5, 0.6) is 5.75 Å². The Balaban J connectivity index is 1.52. The van der Waals surface area contributed by atoms with Crippen molar-refractivity contribution in [3.63, 3.8) is 0 Å². The Bertz CT molecular complexity index is 841. The van der Waals surface area contributed by atoms with E-state index in [0.717, 1.165) is 10.0 Å². The van der Waals surface area contributed by atoms with Crippen molar-refractivity contribution in [2.75, 3.05) is 0 Å². The van der Waals surface area contributed by atoms with Crippen molar-refractivity contribution in [1.29, 1.82) is 0 Å². The number of carbonyl (C=O) groups excluding carboxylic acids is 1. The number of hydrazone groups is 1. The highest BCUT2D eigenvalue weighted by Crippen LogP contribution is 2.16. The first kappa shape index (κ1) is 17.0. The Hall–Kier alpha value is -2.86. The molecule has 0 radical (unpaired) electrons. The minimum Gasteiger partial charge on any atom is -0.489 e. The summed E-state index contributed by atoms with van der Waals surface area (Å²) in [6, 6.07) is 18.3. The van der Waals surface area contributed by atoms with E-state index in [-0.39, 0.29) is 5.91 Å². The Morgan fingerprint density at radius 2 is 1.88 bits per heavy atom. The van der Waals surface area contributed by atoms with Crippen LogP contribution in [0.3, 0.4) is 0 Å². The highest BCUT2D eigenvalue weighted by atomic mass is 79.9. The summed E-state index contributed by atoms with van der Waals surface area (Å²) in [4.78, 5) is 12.0. The summed E-state index contributed by atoms with van der Waals surface area (Å²) in [5.74, 6) is 0.956.